The summed E-state index contributed by atoms with van der Waals surface area (Å²) in [5.74, 6) is -0.678. The largest absolute Gasteiger partial charge is 0.508 e. The molecule has 1 fully saturated rings. The highest BCUT2D eigenvalue weighted by molar-refractivity contribution is 6.10. The lowest BCUT2D eigenvalue weighted by Gasteiger charge is -2.26. The van der Waals surface area contributed by atoms with Crippen LogP contribution in [-0.2, 0) is 15.0 Å². The SMILES string of the molecule is CC[C@H]1C(=O)NC(=O)[C@]1(C)c1ccc(O)cc1. The number of hydrogen-bond donors (Lipinski definition) is 2. The summed E-state index contributed by atoms with van der Waals surface area (Å²) in [6.45, 7) is 3.66. The number of nitrogens with one attached hydrogen (secondary N) is 1. The number of hydrogen-bond acceptors (Lipinski definition) is 3. The zero-order valence-corrected chi connectivity index (χ0v) is 9.86. The van der Waals surface area contributed by atoms with Crippen LogP contribution in [-0.4, -0.2) is 16.9 Å². The molecule has 1 aliphatic rings. The maximum atomic E-state index is 12.0. The van der Waals surface area contributed by atoms with Crippen LogP contribution in [0.2, 0.25) is 0 Å². The maximum Gasteiger partial charge on any atom is 0.237 e. The number of carbonyl (C=O) groups excluding carboxylic acids is 2. The van der Waals surface area contributed by atoms with Crippen LogP contribution in [0.25, 0.3) is 0 Å². The minimum absolute atomic E-state index is 0.148. The van der Waals surface area contributed by atoms with Crippen molar-refractivity contribution in [1.82, 2.24) is 5.32 Å². The van der Waals surface area contributed by atoms with E-state index in [-0.39, 0.29) is 23.5 Å². The predicted octanol–water partition coefficient (Wildman–Crippen LogP) is 1.33. The van der Waals surface area contributed by atoms with Gasteiger partial charge in [0.15, 0.2) is 0 Å². The number of carbonyl (C=O) groups is 2. The fourth-order valence-electron chi connectivity index (χ4n) is 2.48. The second kappa shape index (κ2) is 3.87. The molecule has 1 aliphatic heterocycles. The van der Waals surface area contributed by atoms with Gasteiger partial charge in [0.2, 0.25) is 11.8 Å². The van der Waals surface area contributed by atoms with E-state index in [1.807, 2.05) is 6.92 Å². The molecule has 0 aromatic heterocycles. The lowest BCUT2D eigenvalue weighted by Crippen LogP contribution is -2.36. The summed E-state index contributed by atoms with van der Waals surface area (Å²) in [6, 6.07) is 6.44. The first-order valence-electron chi connectivity index (χ1n) is 5.65. The summed E-state index contributed by atoms with van der Waals surface area (Å²) in [5, 5.41) is 11.6. The fraction of sp³-hybridized carbons (Fsp3) is 0.385. The minimum atomic E-state index is -0.834. The number of amides is 2. The lowest BCUT2D eigenvalue weighted by molar-refractivity contribution is -0.126. The Bertz CT molecular complexity index is 466. The number of imide groups is 1. The molecule has 0 aliphatic carbocycles. The molecule has 0 bridgehead atoms. The third-order valence-corrected chi connectivity index (χ3v) is 3.60. The molecule has 1 aromatic carbocycles. The van der Waals surface area contributed by atoms with Gasteiger partial charge in [-0.1, -0.05) is 19.1 Å². The topological polar surface area (TPSA) is 66.4 Å². The van der Waals surface area contributed by atoms with E-state index in [2.05, 4.69) is 5.32 Å². The highest BCUT2D eigenvalue weighted by atomic mass is 16.3. The normalized spacial score (nSPS) is 28.2. The Morgan fingerprint density at radius 3 is 2.41 bits per heavy atom. The van der Waals surface area contributed by atoms with Crippen molar-refractivity contribution in [2.45, 2.75) is 25.7 Å². The highest BCUT2D eigenvalue weighted by Crippen LogP contribution is 2.39. The number of benzene rings is 1. The van der Waals surface area contributed by atoms with Crippen molar-refractivity contribution in [3.63, 3.8) is 0 Å². The Morgan fingerprint density at radius 1 is 1.29 bits per heavy atom. The van der Waals surface area contributed by atoms with Crippen molar-refractivity contribution >= 4 is 11.8 Å². The highest BCUT2D eigenvalue weighted by Gasteiger charge is 2.51. The fourth-order valence-corrected chi connectivity index (χ4v) is 2.48. The zero-order valence-electron chi connectivity index (χ0n) is 9.86. The smallest absolute Gasteiger partial charge is 0.237 e. The van der Waals surface area contributed by atoms with E-state index in [1.54, 1.807) is 19.1 Å². The Hall–Kier alpha value is -1.84. The van der Waals surface area contributed by atoms with Crippen molar-refractivity contribution < 1.29 is 14.7 Å². The van der Waals surface area contributed by atoms with Gasteiger partial charge in [-0.05, 0) is 31.0 Å². The molecule has 90 valence electrons. The molecular formula is C13H15NO3. The van der Waals surface area contributed by atoms with Gasteiger partial charge in [-0.2, -0.15) is 0 Å². The van der Waals surface area contributed by atoms with Gasteiger partial charge in [-0.25, -0.2) is 0 Å². The van der Waals surface area contributed by atoms with E-state index in [4.69, 9.17) is 0 Å². The second-order valence-electron chi connectivity index (χ2n) is 4.53. The number of phenolic OH excluding ortho intramolecular Hbond substituents is 1. The summed E-state index contributed by atoms with van der Waals surface area (Å²) in [7, 11) is 0. The van der Waals surface area contributed by atoms with Crippen LogP contribution in [0.5, 0.6) is 5.75 Å². The lowest BCUT2D eigenvalue weighted by atomic mass is 9.72. The van der Waals surface area contributed by atoms with Crippen LogP contribution >= 0.6 is 0 Å². The molecule has 0 saturated carbocycles. The van der Waals surface area contributed by atoms with E-state index in [9.17, 15) is 14.7 Å². The van der Waals surface area contributed by atoms with Gasteiger partial charge in [-0.3, -0.25) is 14.9 Å². The number of rotatable bonds is 2. The summed E-state index contributed by atoms with van der Waals surface area (Å²) in [4.78, 5) is 23.7. The van der Waals surface area contributed by atoms with Gasteiger partial charge in [0.05, 0.1) is 11.3 Å². The summed E-state index contributed by atoms with van der Waals surface area (Å²) in [5.41, 5.74) is -0.0787. The molecule has 2 rings (SSSR count). The summed E-state index contributed by atoms with van der Waals surface area (Å²) < 4.78 is 0. The summed E-state index contributed by atoms with van der Waals surface area (Å²) >= 11 is 0. The first kappa shape index (κ1) is 11.6. The Kier molecular flexibility index (Phi) is 2.65. The maximum absolute atomic E-state index is 12.0. The van der Waals surface area contributed by atoms with Gasteiger partial charge < -0.3 is 5.11 Å². The predicted molar refractivity (Wildman–Crippen MR) is 62.4 cm³/mol. The van der Waals surface area contributed by atoms with E-state index in [1.165, 1.54) is 12.1 Å². The van der Waals surface area contributed by atoms with E-state index >= 15 is 0 Å². The summed E-state index contributed by atoms with van der Waals surface area (Å²) in [6.07, 6.45) is 0.606. The minimum Gasteiger partial charge on any atom is -0.508 e. The average molecular weight is 233 g/mol. The molecule has 0 unspecified atom stereocenters. The van der Waals surface area contributed by atoms with Gasteiger partial charge in [0.1, 0.15) is 5.75 Å². The molecule has 1 saturated heterocycles. The standard InChI is InChI=1S/C13H15NO3/c1-3-10-11(16)14-12(17)13(10,2)8-4-6-9(15)7-5-8/h4-7,10,15H,3H2,1-2H3,(H,14,16,17)/t10-,13+/m0/s1. The van der Waals surface area contributed by atoms with Gasteiger partial charge in [-0.15, -0.1) is 0 Å². The zero-order chi connectivity index (χ0) is 12.6. The molecule has 2 N–H and O–H groups in total. The van der Waals surface area contributed by atoms with Crippen LogP contribution in [0.3, 0.4) is 0 Å². The molecule has 1 aromatic rings. The van der Waals surface area contributed by atoms with Gasteiger partial charge in [0, 0.05) is 0 Å². The number of aromatic hydroxyl groups is 1. The van der Waals surface area contributed by atoms with Crippen molar-refractivity contribution in [3.8, 4) is 5.75 Å². The second-order valence-corrected chi connectivity index (χ2v) is 4.53. The van der Waals surface area contributed by atoms with Crippen LogP contribution in [0.1, 0.15) is 25.8 Å². The molecule has 4 nitrogen and oxygen atoms in total. The van der Waals surface area contributed by atoms with Crippen LogP contribution in [0.15, 0.2) is 24.3 Å². The van der Waals surface area contributed by atoms with Crippen molar-refractivity contribution in [2.24, 2.45) is 5.92 Å². The first-order valence-corrected chi connectivity index (χ1v) is 5.65. The van der Waals surface area contributed by atoms with Crippen molar-refractivity contribution in [2.75, 3.05) is 0 Å². The van der Waals surface area contributed by atoms with Gasteiger partial charge in [0.25, 0.3) is 0 Å². The Balaban J connectivity index is 2.50. The monoisotopic (exact) mass is 233 g/mol. The molecular weight excluding hydrogens is 218 g/mol. The quantitative estimate of drug-likeness (QED) is 0.757. The molecule has 2 atom stereocenters. The van der Waals surface area contributed by atoms with Crippen LogP contribution in [0, 0.1) is 5.92 Å². The molecule has 0 radical (unpaired) electrons. The third-order valence-electron chi connectivity index (χ3n) is 3.60. The molecule has 1 heterocycles. The van der Waals surface area contributed by atoms with Crippen LogP contribution < -0.4 is 5.32 Å². The molecule has 17 heavy (non-hydrogen) atoms. The van der Waals surface area contributed by atoms with E-state index in [0.29, 0.717) is 6.42 Å². The van der Waals surface area contributed by atoms with E-state index < -0.39 is 5.41 Å². The Morgan fingerprint density at radius 2 is 1.88 bits per heavy atom. The molecule has 0 spiro atoms. The average Bonchev–Trinajstić information content (AvgIpc) is 2.51. The molecule has 2 amide bonds. The number of phenols is 1. The Labute approximate surface area is 99.6 Å². The van der Waals surface area contributed by atoms with Gasteiger partial charge >= 0.3 is 0 Å². The first-order chi connectivity index (χ1) is 8.00. The van der Waals surface area contributed by atoms with Crippen molar-refractivity contribution in [1.29, 1.82) is 0 Å². The van der Waals surface area contributed by atoms with Crippen LogP contribution in [0.4, 0.5) is 0 Å². The third kappa shape index (κ3) is 1.60. The van der Waals surface area contributed by atoms with Crippen molar-refractivity contribution in [3.05, 3.63) is 29.8 Å². The van der Waals surface area contributed by atoms with E-state index in [0.717, 1.165) is 5.56 Å². The molecule has 4 heteroatoms.